The van der Waals surface area contributed by atoms with E-state index in [0.29, 0.717) is 21.9 Å². The maximum atomic E-state index is 12.2. The van der Waals surface area contributed by atoms with E-state index in [0.717, 1.165) is 12.0 Å². The Labute approximate surface area is 169 Å². The molecule has 1 heterocycles. The molecule has 0 spiro atoms. The van der Waals surface area contributed by atoms with Crippen molar-refractivity contribution in [1.82, 2.24) is 15.5 Å². The first kappa shape index (κ1) is 21.6. The number of halogens is 1. The van der Waals surface area contributed by atoms with Crippen LogP contribution in [0.3, 0.4) is 0 Å². The van der Waals surface area contributed by atoms with Gasteiger partial charge in [-0.3, -0.25) is 0 Å². The van der Waals surface area contributed by atoms with Crippen molar-refractivity contribution in [1.29, 1.82) is 0 Å². The monoisotopic (exact) mass is 411 g/mol. The van der Waals surface area contributed by atoms with Crippen molar-refractivity contribution >= 4 is 29.5 Å². The van der Waals surface area contributed by atoms with E-state index in [-0.39, 0.29) is 5.92 Å². The fraction of sp³-hybridized carbons (Fsp3) is 0.526. The molecule has 1 amide bonds. The van der Waals surface area contributed by atoms with Gasteiger partial charge in [-0.05, 0) is 44.4 Å². The fourth-order valence-corrected chi connectivity index (χ4v) is 3.10. The minimum absolute atomic E-state index is 0.118. The number of amides is 1. The molecule has 0 aliphatic heterocycles. The van der Waals surface area contributed by atoms with Crippen LogP contribution in [0, 0.1) is 5.92 Å². The molecule has 0 saturated heterocycles. The zero-order valence-corrected chi connectivity index (χ0v) is 17.9. The Morgan fingerprint density at radius 1 is 1.30 bits per heavy atom. The van der Waals surface area contributed by atoms with E-state index in [1.807, 2.05) is 58.9 Å². The zero-order valence-electron chi connectivity index (χ0n) is 16.3. The maximum Gasteiger partial charge on any atom is 0.408 e. The number of carbonyl (C=O) groups excluding carboxylic acids is 1. The molecule has 1 unspecified atom stereocenters. The lowest BCUT2D eigenvalue weighted by molar-refractivity contribution is 0.0474. The van der Waals surface area contributed by atoms with Crippen LogP contribution in [0.2, 0.25) is 5.02 Å². The third kappa shape index (κ3) is 7.07. The summed E-state index contributed by atoms with van der Waals surface area (Å²) < 4.78 is 11.1. The Bertz CT molecular complexity index is 743. The van der Waals surface area contributed by atoms with Crippen molar-refractivity contribution in [3.05, 3.63) is 40.7 Å². The van der Waals surface area contributed by atoms with Gasteiger partial charge < -0.3 is 14.5 Å². The minimum Gasteiger partial charge on any atom is -0.444 e. The lowest BCUT2D eigenvalue weighted by atomic mass is 9.99. The topological polar surface area (TPSA) is 77.2 Å². The average Bonchev–Trinajstić information content (AvgIpc) is 3.05. The number of rotatable bonds is 7. The molecule has 2 atom stereocenters. The summed E-state index contributed by atoms with van der Waals surface area (Å²) >= 11 is 7.34. The average molecular weight is 412 g/mol. The van der Waals surface area contributed by atoms with Gasteiger partial charge in [0.05, 0.1) is 0 Å². The van der Waals surface area contributed by atoms with Crippen LogP contribution in [0.4, 0.5) is 4.79 Å². The molecule has 0 aliphatic carbocycles. The third-order valence-corrected chi connectivity index (χ3v) is 4.99. The number of nitrogens with one attached hydrogen (secondary N) is 1. The Kier molecular flexibility index (Phi) is 7.56. The Hall–Kier alpha value is -1.73. The molecule has 2 rings (SSSR count). The molecular formula is C19H26ClN3O3S. The highest BCUT2D eigenvalue weighted by molar-refractivity contribution is 7.98. The van der Waals surface area contributed by atoms with Gasteiger partial charge >= 0.3 is 6.09 Å². The van der Waals surface area contributed by atoms with Gasteiger partial charge in [-0.15, -0.1) is 10.2 Å². The third-order valence-electron chi connectivity index (χ3n) is 3.85. The number of thioether (sulfide) groups is 1. The van der Waals surface area contributed by atoms with E-state index in [9.17, 15) is 4.79 Å². The normalized spacial score (nSPS) is 13.9. The Morgan fingerprint density at radius 2 is 1.96 bits per heavy atom. The number of hydrogen-bond acceptors (Lipinski definition) is 6. The van der Waals surface area contributed by atoms with Gasteiger partial charge in [-0.1, -0.05) is 55.8 Å². The molecule has 0 saturated carbocycles. The minimum atomic E-state index is -0.571. The number of hydrogen-bond donors (Lipinski definition) is 1. The molecule has 6 nitrogen and oxygen atoms in total. The molecule has 148 valence electrons. The van der Waals surface area contributed by atoms with Crippen molar-refractivity contribution in [2.75, 3.05) is 0 Å². The van der Waals surface area contributed by atoms with Crippen molar-refractivity contribution < 1.29 is 13.9 Å². The highest BCUT2D eigenvalue weighted by atomic mass is 35.5. The summed E-state index contributed by atoms with van der Waals surface area (Å²) in [6.45, 7) is 9.53. The zero-order chi connectivity index (χ0) is 20.0. The molecule has 8 heteroatoms. The number of carbonyl (C=O) groups is 1. The van der Waals surface area contributed by atoms with Crippen molar-refractivity contribution in [3.8, 4) is 0 Å². The van der Waals surface area contributed by atoms with Gasteiger partial charge in [0, 0.05) is 10.8 Å². The lowest BCUT2D eigenvalue weighted by Gasteiger charge is -2.24. The summed E-state index contributed by atoms with van der Waals surface area (Å²) in [4.78, 5) is 12.2. The summed E-state index contributed by atoms with van der Waals surface area (Å²) in [5, 5.41) is 12.2. The van der Waals surface area contributed by atoms with Gasteiger partial charge in [0.2, 0.25) is 5.89 Å². The predicted molar refractivity (Wildman–Crippen MR) is 107 cm³/mol. The van der Waals surface area contributed by atoms with Gasteiger partial charge in [0.1, 0.15) is 11.6 Å². The molecule has 1 aromatic carbocycles. The second-order valence-electron chi connectivity index (χ2n) is 7.33. The number of nitrogens with zero attached hydrogens (tertiary/aromatic N) is 2. The molecule has 27 heavy (non-hydrogen) atoms. The van der Waals surface area contributed by atoms with E-state index in [4.69, 9.17) is 20.8 Å². The van der Waals surface area contributed by atoms with Crippen LogP contribution >= 0.6 is 23.4 Å². The molecule has 0 fully saturated rings. The first-order valence-electron chi connectivity index (χ1n) is 8.88. The van der Waals surface area contributed by atoms with Gasteiger partial charge in [0.15, 0.2) is 0 Å². The van der Waals surface area contributed by atoms with E-state index in [1.54, 1.807) is 0 Å². The van der Waals surface area contributed by atoms with Gasteiger partial charge in [-0.2, -0.15) is 0 Å². The Balaban J connectivity index is 2.04. The maximum absolute atomic E-state index is 12.2. The molecule has 2 aromatic rings. The molecule has 0 bridgehead atoms. The first-order valence-corrected chi connectivity index (χ1v) is 10.2. The van der Waals surface area contributed by atoms with E-state index >= 15 is 0 Å². The van der Waals surface area contributed by atoms with Gasteiger partial charge in [-0.25, -0.2) is 4.79 Å². The standard InChI is InChI=1S/C19H26ClN3O3S/c1-6-12(2)15(21-17(24)26-19(3,4)5)16-22-23-18(25-16)27-11-13-7-9-14(20)10-8-13/h7-10,12,15H,6,11H2,1-5H3,(H,21,24)/t12?,15-/m0/s1. The highest BCUT2D eigenvalue weighted by Crippen LogP contribution is 2.28. The Morgan fingerprint density at radius 3 is 2.56 bits per heavy atom. The number of aromatic nitrogens is 2. The summed E-state index contributed by atoms with van der Waals surface area (Å²) in [6, 6.07) is 7.21. The quantitative estimate of drug-likeness (QED) is 0.595. The first-order chi connectivity index (χ1) is 12.7. The van der Waals surface area contributed by atoms with E-state index < -0.39 is 17.7 Å². The second-order valence-corrected chi connectivity index (χ2v) is 8.69. The summed E-state index contributed by atoms with van der Waals surface area (Å²) in [5.41, 5.74) is 0.535. The van der Waals surface area contributed by atoms with Crippen molar-refractivity contribution in [2.45, 2.75) is 63.7 Å². The second kappa shape index (κ2) is 9.46. The van der Waals surface area contributed by atoms with Crippen LogP contribution in [0.5, 0.6) is 0 Å². The summed E-state index contributed by atoms with van der Waals surface area (Å²) in [5.74, 6) is 1.19. The van der Waals surface area contributed by atoms with E-state index in [2.05, 4.69) is 15.5 Å². The highest BCUT2D eigenvalue weighted by Gasteiger charge is 2.28. The summed E-state index contributed by atoms with van der Waals surface area (Å²) in [7, 11) is 0. The molecular weight excluding hydrogens is 386 g/mol. The molecule has 0 aliphatic rings. The van der Waals surface area contributed by atoms with Crippen LogP contribution in [0.1, 0.15) is 58.5 Å². The largest absolute Gasteiger partial charge is 0.444 e. The molecule has 0 radical (unpaired) electrons. The van der Waals surface area contributed by atoms with Crippen LogP contribution in [-0.2, 0) is 10.5 Å². The number of alkyl carbamates (subject to hydrolysis) is 1. The van der Waals surface area contributed by atoms with Crippen molar-refractivity contribution in [3.63, 3.8) is 0 Å². The predicted octanol–water partition coefficient (Wildman–Crippen LogP) is 5.63. The molecule has 1 N–H and O–H groups in total. The van der Waals surface area contributed by atoms with Crippen LogP contribution < -0.4 is 5.32 Å². The SMILES string of the molecule is CCC(C)[C@H](NC(=O)OC(C)(C)C)c1nnc(SCc2ccc(Cl)cc2)o1. The lowest BCUT2D eigenvalue weighted by Crippen LogP contribution is -2.37. The van der Waals surface area contributed by atoms with Crippen LogP contribution in [0.25, 0.3) is 0 Å². The fourth-order valence-electron chi connectivity index (χ4n) is 2.25. The van der Waals surface area contributed by atoms with Crippen molar-refractivity contribution in [2.24, 2.45) is 5.92 Å². The smallest absolute Gasteiger partial charge is 0.408 e. The van der Waals surface area contributed by atoms with E-state index in [1.165, 1.54) is 11.8 Å². The van der Waals surface area contributed by atoms with Crippen LogP contribution in [0.15, 0.2) is 33.9 Å². The summed E-state index contributed by atoms with van der Waals surface area (Å²) in [6.07, 6.45) is 0.345. The van der Waals surface area contributed by atoms with Gasteiger partial charge in [0.25, 0.3) is 5.22 Å². The molecule has 1 aromatic heterocycles. The number of benzene rings is 1. The van der Waals surface area contributed by atoms with Crippen LogP contribution in [-0.4, -0.2) is 21.9 Å². The number of ether oxygens (including phenoxy) is 1.